The number of rotatable bonds is 9. The second kappa shape index (κ2) is 11.1. The fourth-order valence-electron chi connectivity index (χ4n) is 2.89. The number of nitrogens with two attached hydrogens (primary N) is 1. The van der Waals surface area contributed by atoms with E-state index in [0.717, 1.165) is 45.2 Å². The first-order valence-corrected chi connectivity index (χ1v) is 8.63. The Balaban J connectivity index is 0.00000288. The molecule has 0 atom stereocenters. The van der Waals surface area contributed by atoms with E-state index in [9.17, 15) is 4.79 Å². The van der Waals surface area contributed by atoms with E-state index in [1.807, 2.05) is 11.9 Å². The van der Waals surface area contributed by atoms with Crippen molar-refractivity contribution in [3.05, 3.63) is 48.0 Å². The fraction of sp³-hybridized carbons (Fsp3) is 0.450. The summed E-state index contributed by atoms with van der Waals surface area (Å²) in [5.74, 6) is 0.248. The summed E-state index contributed by atoms with van der Waals surface area (Å²) >= 11 is 0. The molecule has 24 heavy (non-hydrogen) atoms. The van der Waals surface area contributed by atoms with Crippen LogP contribution in [0.2, 0.25) is 0 Å². The molecule has 3 nitrogen and oxygen atoms in total. The number of halogens is 1. The highest BCUT2D eigenvalue weighted by Crippen LogP contribution is 2.19. The van der Waals surface area contributed by atoms with Crippen molar-refractivity contribution in [1.82, 2.24) is 4.90 Å². The topological polar surface area (TPSA) is 46.3 Å². The molecule has 0 bridgehead atoms. The van der Waals surface area contributed by atoms with Crippen LogP contribution >= 0.6 is 12.4 Å². The number of fused-ring (bicyclic) bond motifs is 1. The third-order valence-electron chi connectivity index (χ3n) is 4.37. The monoisotopic (exact) mass is 348 g/mol. The molecule has 2 aromatic rings. The number of carbonyl (C=O) groups excluding carboxylic acids is 1. The van der Waals surface area contributed by atoms with E-state index in [0.29, 0.717) is 6.42 Å². The van der Waals surface area contributed by atoms with Crippen molar-refractivity contribution in [2.75, 3.05) is 20.1 Å². The van der Waals surface area contributed by atoms with Crippen molar-refractivity contribution >= 4 is 29.1 Å². The Kier molecular flexibility index (Phi) is 9.43. The highest BCUT2D eigenvalue weighted by Gasteiger charge is 2.09. The highest BCUT2D eigenvalue weighted by molar-refractivity contribution is 5.86. The molecule has 0 heterocycles. The van der Waals surface area contributed by atoms with E-state index in [1.54, 1.807) is 0 Å². The average Bonchev–Trinajstić information content (AvgIpc) is 2.59. The Morgan fingerprint density at radius 1 is 1.00 bits per heavy atom. The van der Waals surface area contributed by atoms with Gasteiger partial charge in [0.15, 0.2) is 0 Å². The Hall–Kier alpha value is -1.58. The molecule has 132 valence electrons. The minimum absolute atomic E-state index is 0. The maximum atomic E-state index is 12.2. The van der Waals surface area contributed by atoms with Gasteiger partial charge in [0.05, 0.1) is 0 Å². The van der Waals surface area contributed by atoms with Crippen LogP contribution < -0.4 is 5.73 Å². The third kappa shape index (κ3) is 6.14. The number of likely N-dealkylation sites (N-methyl/N-ethyl adjacent to an activating group) is 1. The summed E-state index contributed by atoms with van der Waals surface area (Å²) in [4.78, 5) is 14.0. The van der Waals surface area contributed by atoms with Crippen LogP contribution in [0, 0.1) is 0 Å². The number of benzene rings is 2. The predicted octanol–water partition coefficient (Wildman–Crippen LogP) is 4.17. The Morgan fingerprint density at radius 2 is 1.71 bits per heavy atom. The smallest absolute Gasteiger partial charge is 0.222 e. The Labute approximate surface area is 151 Å². The lowest BCUT2D eigenvalue weighted by Gasteiger charge is -2.18. The molecule has 2 aromatic carbocycles. The van der Waals surface area contributed by atoms with Gasteiger partial charge in [-0.25, -0.2) is 0 Å². The summed E-state index contributed by atoms with van der Waals surface area (Å²) in [6.45, 7) is 1.52. The molecular weight excluding hydrogens is 320 g/mol. The fourth-order valence-corrected chi connectivity index (χ4v) is 2.89. The van der Waals surface area contributed by atoms with Gasteiger partial charge in [0.2, 0.25) is 5.91 Å². The van der Waals surface area contributed by atoms with Crippen LogP contribution in [0.3, 0.4) is 0 Å². The lowest BCUT2D eigenvalue weighted by atomic mass is 10.0. The van der Waals surface area contributed by atoms with Gasteiger partial charge in [0, 0.05) is 20.0 Å². The molecule has 0 aliphatic heterocycles. The number of hydrogen-bond acceptors (Lipinski definition) is 2. The minimum atomic E-state index is 0. The van der Waals surface area contributed by atoms with Crippen molar-refractivity contribution in [3.8, 4) is 0 Å². The quantitative estimate of drug-likeness (QED) is 0.691. The summed E-state index contributed by atoms with van der Waals surface area (Å²) in [5.41, 5.74) is 6.79. The van der Waals surface area contributed by atoms with E-state index >= 15 is 0 Å². The molecule has 2 N–H and O–H groups in total. The average molecular weight is 349 g/mol. The number of nitrogens with zero attached hydrogens (tertiary/aromatic N) is 1. The zero-order valence-electron chi connectivity index (χ0n) is 14.5. The number of amides is 1. The van der Waals surface area contributed by atoms with E-state index < -0.39 is 0 Å². The van der Waals surface area contributed by atoms with Crippen LogP contribution in [0.5, 0.6) is 0 Å². The molecule has 4 heteroatoms. The molecule has 1 amide bonds. The lowest BCUT2D eigenvalue weighted by Crippen LogP contribution is -2.28. The molecule has 0 aliphatic rings. The van der Waals surface area contributed by atoms with E-state index in [4.69, 9.17) is 5.73 Å². The zero-order valence-corrected chi connectivity index (χ0v) is 15.4. The van der Waals surface area contributed by atoms with Crippen LogP contribution in [0.15, 0.2) is 42.5 Å². The molecule has 0 fully saturated rings. The Morgan fingerprint density at radius 3 is 2.50 bits per heavy atom. The van der Waals surface area contributed by atoms with Crippen molar-refractivity contribution < 1.29 is 4.79 Å². The summed E-state index contributed by atoms with van der Waals surface area (Å²) in [6, 6.07) is 14.8. The largest absolute Gasteiger partial charge is 0.345 e. The van der Waals surface area contributed by atoms with Crippen LogP contribution in [0.1, 0.15) is 37.7 Å². The minimum Gasteiger partial charge on any atom is -0.345 e. The van der Waals surface area contributed by atoms with Crippen molar-refractivity contribution in [3.63, 3.8) is 0 Å². The number of carbonyl (C=O) groups is 1. The lowest BCUT2D eigenvalue weighted by molar-refractivity contribution is -0.130. The van der Waals surface area contributed by atoms with Crippen molar-refractivity contribution in [2.45, 2.75) is 38.5 Å². The maximum Gasteiger partial charge on any atom is 0.222 e. The first-order valence-electron chi connectivity index (χ1n) is 8.63. The molecule has 0 saturated heterocycles. The van der Waals surface area contributed by atoms with Crippen molar-refractivity contribution in [1.29, 1.82) is 0 Å². The maximum absolute atomic E-state index is 12.2. The zero-order chi connectivity index (χ0) is 16.5. The van der Waals surface area contributed by atoms with Gasteiger partial charge in [-0.05, 0) is 42.1 Å². The highest BCUT2D eigenvalue weighted by atomic mass is 35.5. The molecule has 0 unspecified atom stereocenters. The third-order valence-corrected chi connectivity index (χ3v) is 4.37. The number of unbranched alkanes of at least 4 members (excludes halogenated alkanes) is 3. The molecule has 0 aliphatic carbocycles. The second-order valence-electron chi connectivity index (χ2n) is 6.16. The summed E-state index contributed by atoms with van der Waals surface area (Å²) in [6.07, 6.45) is 5.81. The molecule has 0 spiro atoms. The van der Waals surface area contributed by atoms with Gasteiger partial charge in [-0.1, -0.05) is 55.3 Å². The summed E-state index contributed by atoms with van der Waals surface area (Å²) in [7, 11) is 1.91. The van der Waals surface area contributed by atoms with Gasteiger partial charge in [-0.15, -0.1) is 12.4 Å². The van der Waals surface area contributed by atoms with E-state index in [2.05, 4.69) is 42.5 Å². The molecule has 0 radical (unpaired) electrons. The van der Waals surface area contributed by atoms with Gasteiger partial charge in [-0.2, -0.15) is 0 Å². The van der Waals surface area contributed by atoms with Crippen LogP contribution in [0.4, 0.5) is 0 Å². The first-order chi connectivity index (χ1) is 11.2. The second-order valence-corrected chi connectivity index (χ2v) is 6.16. The Bertz CT molecular complexity index is 625. The predicted molar refractivity (Wildman–Crippen MR) is 105 cm³/mol. The van der Waals surface area contributed by atoms with Crippen LogP contribution in [-0.2, 0) is 11.2 Å². The molecule has 2 rings (SSSR count). The summed E-state index contributed by atoms with van der Waals surface area (Å²) < 4.78 is 0. The SMILES string of the molecule is CN(CCc1cccc2ccccc12)C(=O)CCCCCCN.Cl. The van der Waals surface area contributed by atoms with Gasteiger partial charge in [0.1, 0.15) is 0 Å². The molecule has 0 saturated carbocycles. The number of hydrogen-bond donors (Lipinski definition) is 1. The normalized spacial score (nSPS) is 10.4. The molecular formula is C20H29ClN2O. The van der Waals surface area contributed by atoms with Gasteiger partial charge >= 0.3 is 0 Å². The van der Waals surface area contributed by atoms with E-state index in [-0.39, 0.29) is 18.3 Å². The van der Waals surface area contributed by atoms with Gasteiger partial charge in [0.25, 0.3) is 0 Å². The van der Waals surface area contributed by atoms with E-state index in [1.165, 1.54) is 16.3 Å². The van der Waals surface area contributed by atoms with Crippen LogP contribution in [-0.4, -0.2) is 30.9 Å². The van der Waals surface area contributed by atoms with Crippen molar-refractivity contribution in [2.24, 2.45) is 5.73 Å². The first kappa shape index (κ1) is 20.5. The summed E-state index contributed by atoms with van der Waals surface area (Å²) in [5, 5.41) is 2.55. The van der Waals surface area contributed by atoms with Gasteiger partial charge < -0.3 is 10.6 Å². The van der Waals surface area contributed by atoms with Gasteiger partial charge in [-0.3, -0.25) is 4.79 Å². The van der Waals surface area contributed by atoms with Crippen LogP contribution in [0.25, 0.3) is 10.8 Å². The molecule has 0 aromatic heterocycles. The standard InChI is InChI=1S/C20H28N2O.ClH/c1-22(20(23)13-4-2-3-7-15-21)16-14-18-11-8-10-17-9-5-6-12-19(17)18;/h5-6,8-12H,2-4,7,13-16,21H2,1H3;1H.